The summed E-state index contributed by atoms with van der Waals surface area (Å²) in [6.07, 6.45) is -5.32. The van der Waals surface area contributed by atoms with Crippen LogP contribution in [0.15, 0.2) is 30.3 Å². The van der Waals surface area contributed by atoms with Crippen LogP contribution in [0.4, 0.5) is 18.9 Å². The minimum atomic E-state index is -5.14. The van der Waals surface area contributed by atoms with Crippen molar-refractivity contribution in [1.29, 1.82) is 0 Å². The van der Waals surface area contributed by atoms with Crippen molar-refractivity contribution in [3.05, 3.63) is 30.3 Å². The number of hydrogen-bond acceptors (Lipinski definition) is 5. The SMILES string of the molecule is COC(=O)C(NNc1ccccc1)(NC(=O)CC(C)C)C(F)(F)F. The van der Waals surface area contributed by atoms with Crippen molar-refractivity contribution in [3.8, 4) is 0 Å². The average molecular weight is 347 g/mol. The Hall–Kier alpha value is -2.29. The van der Waals surface area contributed by atoms with Gasteiger partial charge in [-0.2, -0.15) is 18.6 Å². The van der Waals surface area contributed by atoms with Crippen molar-refractivity contribution < 1.29 is 27.5 Å². The molecule has 134 valence electrons. The third-order valence-corrected chi connectivity index (χ3v) is 3.01. The van der Waals surface area contributed by atoms with Gasteiger partial charge in [-0.15, -0.1) is 0 Å². The summed E-state index contributed by atoms with van der Waals surface area (Å²) in [6.45, 7) is 3.34. The molecule has 0 fully saturated rings. The zero-order valence-electron chi connectivity index (χ0n) is 13.5. The van der Waals surface area contributed by atoms with Gasteiger partial charge < -0.3 is 15.5 Å². The fourth-order valence-corrected chi connectivity index (χ4v) is 1.86. The molecule has 0 spiro atoms. The number of ether oxygens (including phenoxy) is 1. The molecule has 0 aliphatic carbocycles. The van der Waals surface area contributed by atoms with Crippen LogP contribution in [0.25, 0.3) is 0 Å². The van der Waals surface area contributed by atoms with Crippen LogP contribution in [0, 0.1) is 5.92 Å². The minimum absolute atomic E-state index is 0.179. The molecule has 1 atom stereocenters. The summed E-state index contributed by atoms with van der Waals surface area (Å²) in [7, 11) is 0.807. The van der Waals surface area contributed by atoms with Crippen LogP contribution in [0.3, 0.4) is 0 Å². The van der Waals surface area contributed by atoms with Gasteiger partial charge in [0, 0.05) is 12.1 Å². The first-order valence-corrected chi connectivity index (χ1v) is 7.16. The van der Waals surface area contributed by atoms with Crippen LogP contribution in [0.5, 0.6) is 0 Å². The van der Waals surface area contributed by atoms with Crippen LogP contribution in [-0.4, -0.2) is 30.8 Å². The summed E-state index contributed by atoms with van der Waals surface area (Å²) >= 11 is 0. The maximum atomic E-state index is 13.6. The topological polar surface area (TPSA) is 79.5 Å². The fourth-order valence-electron chi connectivity index (χ4n) is 1.86. The second kappa shape index (κ2) is 8.00. The van der Waals surface area contributed by atoms with Crippen molar-refractivity contribution >= 4 is 17.6 Å². The van der Waals surface area contributed by atoms with E-state index in [-0.39, 0.29) is 18.0 Å². The van der Waals surface area contributed by atoms with E-state index in [1.807, 2.05) is 5.43 Å². The number of benzene rings is 1. The molecule has 1 rings (SSSR count). The van der Waals surface area contributed by atoms with E-state index >= 15 is 0 Å². The van der Waals surface area contributed by atoms with E-state index in [0.717, 1.165) is 7.11 Å². The van der Waals surface area contributed by atoms with E-state index in [2.05, 4.69) is 10.2 Å². The minimum Gasteiger partial charge on any atom is -0.466 e. The predicted octanol–water partition coefficient (Wildman–Crippen LogP) is 2.20. The second-order valence-corrected chi connectivity index (χ2v) is 5.50. The van der Waals surface area contributed by atoms with Crippen molar-refractivity contribution in [2.45, 2.75) is 32.1 Å². The zero-order chi connectivity index (χ0) is 18.4. The summed E-state index contributed by atoms with van der Waals surface area (Å²) in [5, 5.41) is 1.71. The zero-order valence-corrected chi connectivity index (χ0v) is 13.5. The standard InChI is InChI=1S/C15H20F3N3O3/c1-10(2)9-12(22)19-14(13(23)24-3,15(16,17)18)21-20-11-7-5-4-6-8-11/h4-8,10,20-21H,9H2,1-3H3,(H,19,22). The summed E-state index contributed by atoms with van der Waals surface area (Å²) in [6, 6.07) is 7.83. The number of anilines is 1. The molecule has 0 aromatic heterocycles. The number of para-hydroxylation sites is 1. The number of alkyl halides is 3. The van der Waals surface area contributed by atoms with E-state index in [1.165, 1.54) is 12.1 Å². The smallest absolute Gasteiger partial charge is 0.438 e. The van der Waals surface area contributed by atoms with Crippen molar-refractivity contribution in [1.82, 2.24) is 10.7 Å². The summed E-state index contributed by atoms with van der Waals surface area (Å²) in [5.41, 5.74) is 1.00. The van der Waals surface area contributed by atoms with Gasteiger partial charge >= 0.3 is 17.8 Å². The number of esters is 1. The number of amides is 1. The van der Waals surface area contributed by atoms with Gasteiger partial charge in [-0.25, -0.2) is 4.79 Å². The normalized spacial score (nSPS) is 14.0. The van der Waals surface area contributed by atoms with Gasteiger partial charge in [0.1, 0.15) is 0 Å². The Kier molecular flexibility index (Phi) is 6.59. The van der Waals surface area contributed by atoms with Crippen LogP contribution in [0.1, 0.15) is 20.3 Å². The molecule has 1 unspecified atom stereocenters. The summed E-state index contributed by atoms with van der Waals surface area (Å²) in [4.78, 5) is 23.7. The Balaban J connectivity index is 3.11. The van der Waals surface area contributed by atoms with Gasteiger partial charge in [0.2, 0.25) is 5.91 Å². The number of methoxy groups -OCH3 is 1. The Labute approximate surface area is 137 Å². The number of nitrogens with one attached hydrogen (secondary N) is 3. The number of carbonyl (C=O) groups is 2. The number of hydrogen-bond donors (Lipinski definition) is 3. The highest BCUT2D eigenvalue weighted by Gasteiger charge is 2.63. The molecule has 0 aliphatic rings. The lowest BCUT2D eigenvalue weighted by atomic mass is 10.1. The van der Waals surface area contributed by atoms with Gasteiger partial charge in [-0.05, 0) is 18.1 Å². The van der Waals surface area contributed by atoms with Gasteiger partial charge in [-0.1, -0.05) is 32.0 Å². The van der Waals surface area contributed by atoms with Crippen LogP contribution >= 0.6 is 0 Å². The molecule has 24 heavy (non-hydrogen) atoms. The first-order valence-electron chi connectivity index (χ1n) is 7.16. The molecule has 0 saturated carbocycles. The highest BCUT2D eigenvalue weighted by atomic mass is 19.4. The monoisotopic (exact) mass is 347 g/mol. The molecule has 1 aromatic rings. The lowest BCUT2D eigenvalue weighted by molar-refractivity contribution is -0.219. The Morgan fingerprint density at radius 1 is 1.17 bits per heavy atom. The average Bonchev–Trinajstić information content (AvgIpc) is 2.49. The van der Waals surface area contributed by atoms with Crippen LogP contribution in [-0.2, 0) is 14.3 Å². The highest BCUT2D eigenvalue weighted by molar-refractivity contribution is 5.88. The van der Waals surface area contributed by atoms with Crippen molar-refractivity contribution in [2.24, 2.45) is 5.92 Å². The molecule has 9 heteroatoms. The van der Waals surface area contributed by atoms with E-state index in [4.69, 9.17) is 0 Å². The second-order valence-electron chi connectivity index (χ2n) is 5.50. The molecule has 1 aromatic carbocycles. The van der Waals surface area contributed by atoms with E-state index in [0.29, 0.717) is 0 Å². The van der Waals surface area contributed by atoms with Crippen LogP contribution < -0.4 is 16.2 Å². The fraction of sp³-hybridized carbons (Fsp3) is 0.467. The van der Waals surface area contributed by atoms with E-state index in [1.54, 1.807) is 37.4 Å². The Morgan fingerprint density at radius 2 is 1.75 bits per heavy atom. The molecule has 0 radical (unpaired) electrons. The molecule has 6 nitrogen and oxygen atoms in total. The molecular weight excluding hydrogens is 327 g/mol. The Morgan fingerprint density at radius 3 is 2.21 bits per heavy atom. The predicted molar refractivity (Wildman–Crippen MR) is 81.6 cm³/mol. The molecule has 1 amide bonds. The number of halogens is 3. The molecule has 0 heterocycles. The van der Waals surface area contributed by atoms with Gasteiger partial charge in [0.05, 0.1) is 7.11 Å². The summed E-state index contributed by atoms with van der Waals surface area (Å²) < 4.78 is 45.0. The van der Waals surface area contributed by atoms with Crippen molar-refractivity contribution in [3.63, 3.8) is 0 Å². The number of rotatable bonds is 7. The first-order chi connectivity index (χ1) is 11.1. The van der Waals surface area contributed by atoms with Crippen LogP contribution in [0.2, 0.25) is 0 Å². The van der Waals surface area contributed by atoms with Crippen molar-refractivity contribution in [2.75, 3.05) is 12.5 Å². The van der Waals surface area contributed by atoms with E-state index in [9.17, 15) is 22.8 Å². The first kappa shape index (κ1) is 19.8. The molecule has 3 N–H and O–H groups in total. The quantitative estimate of drug-likeness (QED) is 0.400. The number of hydrazine groups is 1. The molecule has 0 aliphatic heterocycles. The Bertz CT molecular complexity index is 564. The maximum absolute atomic E-state index is 13.6. The van der Waals surface area contributed by atoms with Gasteiger partial charge in [0.25, 0.3) is 0 Å². The molecule has 0 bridgehead atoms. The largest absolute Gasteiger partial charge is 0.466 e. The van der Waals surface area contributed by atoms with Gasteiger partial charge in [-0.3, -0.25) is 4.79 Å². The third-order valence-electron chi connectivity index (χ3n) is 3.01. The lowest BCUT2D eigenvalue weighted by Gasteiger charge is -2.34. The van der Waals surface area contributed by atoms with Gasteiger partial charge in [0.15, 0.2) is 0 Å². The third kappa shape index (κ3) is 4.85. The maximum Gasteiger partial charge on any atom is 0.438 e. The van der Waals surface area contributed by atoms with E-state index < -0.39 is 23.7 Å². The molecular formula is C15H20F3N3O3. The number of carbonyl (C=O) groups excluding carboxylic acids is 2. The summed E-state index contributed by atoms with van der Waals surface area (Å²) in [5.74, 6) is -2.80. The highest BCUT2D eigenvalue weighted by Crippen LogP contribution is 2.30. The lowest BCUT2D eigenvalue weighted by Crippen LogP contribution is -2.73. The molecule has 0 saturated heterocycles.